The lowest BCUT2D eigenvalue weighted by atomic mass is 9.87. The lowest BCUT2D eigenvalue weighted by molar-refractivity contribution is -0.123. The van der Waals surface area contributed by atoms with Crippen LogP contribution in [0.15, 0.2) is 48.5 Å². The number of carbonyl (C=O) groups is 1. The lowest BCUT2D eigenvalue weighted by Gasteiger charge is -2.33. The number of hydrogen-bond acceptors (Lipinski definition) is 3. The summed E-state index contributed by atoms with van der Waals surface area (Å²) in [6.45, 7) is 1.76. The quantitative estimate of drug-likeness (QED) is 0.801. The van der Waals surface area contributed by atoms with E-state index in [-0.39, 0.29) is 17.6 Å². The van der Waals surface area contributed by atoms with Gasteiger partial charge in [0.25, 0.3) is 0 Å². The summed E-state index contributed by atoms with van der Waals surface area (Å²) in [5.74, 6) is -0.813. The summed E-state index contributed by atoms with van der Waals surface area (Å²) in [4.78, 5) is 13.1. The van der Waals surface area contributed by atoms with Crippen molar-refractivity contribution in [2.75, 3.05) is 10.6 Å². The summed E-state index contributed by atoms with van der Waals surface area (Å²) in [6.07, 6.45) is 4.11. The van der Waals surface area contributed by atoms with Gasteiger partial charge < -0.3 is 5.32 Å². The van der Waals surface area contributed by atoms with Gasteiger partial charge in [-0.1, -0.05) is 31.2 Å². The number of nitrogens with zero attached hydrogens (tertiary/aromatic N) is 1. The zero-order valence-electron chi connectivity index (χ0n) is 16.1. The first-order chi connectivity index (χ1) is 13.3. The summed E-state index contributed by atoms with van der Waals surface area (Å²) >= 11 is 0. The molecular formula is C21H25FN2O3S. The van der Waals surface area contributed by atoms with Crippen LogP contribution in [0.1, 0.15) is 43.4 Å². The molecule has 0 spiro atoms. The van der Waals surface area contributed by atoms with E-state index in [2.05, 4.69) is 11.4 Å². The third-order valence-electron chi connectivity index (χ3n) is 5.10. The van der Waals surface area contributed by atoms with Crippen molar-refractivity contribution in [3.05, 3.63) is 65.5 Å². The van der Waals surface area contributed by atoms with E-state index in [4.69, 9.17) is 0 Å². The molecule has 1 amide bonds. The number of aryl methyl sites for hydroxylation is 1. The predicted molar refractivity (Wildman–Crippen MR) is 108 cm³/mol. The minimum absolute atomic E-state index is 0.138. The molecule has 1 N–H and O–H groups in total. The van der Waals surface area contributed by atoms with Gasteiger partial charge in [0.1, 0.15) is 11.9 Å². The second-order valence-corrected chi connectivity index (χ2v) is 8.97. The van der Waals surface area contributed by atoms with E-state index >= 15 is 0 Å². The summed E-state index contributed by atoms with van der Waals surface area (Å²) in [6, 6.07) is 12.1. The fourth-order valence-corrected chi connectivity index (χ4v) is 5.03. The van der Waals surface area contributed by atoms with Crippen molar-refractivity contribution in [3.63, 3.8) is 0 Å². The Balaban J connectivity index is 1.88. The van der Waals surface area contributed by atoms with Crippen molar-refractivity contribution in [2.24, 2.45) is 0 Å². The second-order valence-electron chi connectivity index (χ2n) is 7.11. The topological polar surface area (TPSA) is 66.5 Å². The molecule has 3 rings (SSSR count). The van der Waals surface area contributed by atoms with Crippen LogP contribution in [0, 0.1) is 5.82 Å². The molecule has 0 fully saturated rings. The van der Waals surface area contributed by atoms with Gasteiger partial charge in [-0.05, 0) is 61.1 Å². The van der Waals surface area contributed by atoms with E-state index in [0.717, 1.165) is 35.4 Å². The van der Waals surface area contributed by atoms with Gasteiger partial charge >= 0.3 is 0 Å². The molecule has 0 bridgehead atoms. The Morgan fingerprint density at radius 3 is 2.54 bits per heavy atom. The summed E-state index contributed by atoms with van der Waals surface area (Å²) in [7, 11) is -3.74. The van der Waals surface area contributed by atoms with Gasteiger partial charge in [0.2, 0.25) is 15.9 Å². The number of hydrogen-bond donors (Lipinski definition) is 1. The molecule has 2 aromatic carbocycles. The van der Waals surface area contributed by atoms with E-state index in [9.17, 15) is 17.6 Å². The van der Waals surface area contributed by atoms with Crippen LogP contribution in [0.3, 0.4) is 0 Å². The lowest BCUT2D eigenvalue weighted by Crippen LogP contribution is -2.50. The fraction of sp³-hybridized carbons (Fsp3) is 0.381. The van der Waals surface area contributed by atoms with Crippen molar-refractivity contribution in [2.45, 2.75) is 44.7 Å². The highest BCUT2D eigenvalue weighted by atomic mass is 32.2. The molecule has 2 aromatic rings. The van der Waals surface area contributed by atoms with Gasteiger partial charge in [-0.2, -0.15) is 0 Å². The van der Waals surface area contributed by atoms with Crippen molar-refractivity contribution < 1.29 is 17.6 Å². The van der Waals surface area contributed by atoms with Crippen molar-refractivity contribution in [1.82, 2.24) is 5.32 Å². The van der Waals surface area contributed by atoms with E-state index in [1.807, 2.05) is 18.2 Å². The Morgan fingerprint density at radius 2 is 1.89 bits per heavy atom. The molecule has 0 unspecified atom stereocenters. The van der Waals surface area contributed by atoms with Gasteiger partial charge in [-0.3, -0.25) is 9.10 Å². The third-order valence-corrected chi connectivity index (χ3v) is 6.28. The maximum atomic E-state index is 13.3. The van der Waals surface area contributed by atoms with E-state index in [1.54, 1.807) is 6.92 Å². The van der Waals surface area contributed by atoms with Crippen LogP contribution in [-0.2, 0) is 21.2 Å². The van der Waals surface area contributed by atoms with Crippen LogP contribution in [0.2, 0.25) is 0 Å². The maximum Gasteiger partial charge on any atom is 0.244 e. The monoisotopic (exact) mass is 404 g/mol. The van der Waals surface area contributed by atoms with E-state index < -0.39 is 21.9 Å². The minimum Gasteiger partial charge on any atom is -0.347 e. The number of sulfonamides is 1. The van der Waals surface area contributed by atoms with Gasteiger partial charge in [0.05, 0.1) is 18.0 Å². The number of anilines is 1. The average molecular weight is 405 g/mol. The molecule has 1 aliphatic carbocycles. The average Bonchev–Trinajstić information content (AvgIpc) is 2.66. The fourth-order valence-electron chi connectivity index (χ4n) is 3.82. The van der Waals surface area contributed by atoms with Gasteiger partial charge in [0.15, 0.2) is 0 Å². The summed E-state index contributed by atoms with van der Waals surface area (Å²) < 4.78 is 39.3. The number of carbonyl (C=O) groups excluding carboxylic acids is 1. The number of halogens is 1. The molecular weight excluding hydrogens is 379 g/mol. The van der Waals surface area contributed by atoms with Crippen LogP contribution >= 0.6 is 0 Å². The standard InChI is InChI=1S/C21H25FN2O3S/c1-3-20(24(28(2,26)27)17-13-11-16(22)12-14-17)21(25)23-19-10-6-8-15-7-4-5-9-18(15)19/h4-5,7,9,11-14,19-20H,3,6,8,10H2,1-2H3,(H,23,25)/t19-,20+/m1/s1. The zero-order chi connectivity index (χ0) is 20.3. The highest BCUT2D eigenvalue weighted by Crippen LogP contribution is 2.30. The van der Waals surface area contributed by atoms with Crippen molar-refractivity contribution >= 4 is 21.6 Å². The Morgan fingerprint density at radius 1 is 1.21 bits per heavy atom. The molecule has 2 atom stereocenters. The largest absolute Gasteiger partial charge is 0.347 e. The first-order valence-electron chi connectivity index (χ1n) is 9.44. The van der Waals surface area contributed by atoms with Crippen LogP contribution in [0.25, 0.3) is 0 Å². The molecule has 5 nitrogen and oxygen atoms in total. The smallest absolute Gasteiger partial charge is 0.244 e. The summed E-state index contributed by atoms with van der Waals surface area (Å²) in [5.41, 5.74) is 2.57. The number of fused-ring (bicyclic) bond motifs is 1. The number of rotatable bonds is 6. The highest BCUT2D eigenvalue weighted by Gasteiger charge is 2.33. The predicted octanol–water partition coefficient (Wildman–Crippen LogP) is 3.56. The molecule has 0 aromatic heterocycles. The molecule has 0 aliphatic heterocycles. The normalized spacial score (nSPS) is 17.5. The van der Waals surface area contributed by atoms with Gasteiger partial charge in [-0.25, -0.2) is 12.8 Å². The molecule has 150 valence electrons. The Hall–Kier alpha value is -2.41. The van der Waals surface area contributed by atoms with Crippen molar-refractivity contribution in [1.29, 1.82) is 0 Å². The first-order valence-corrected chi connectivity index (χ1v) is 11.3. The Kier molecular flexibility index (Phi) is 6.03. The molecule has 0 heterocycles. The number of benzene rings is 2. The second kappa shape index (κ2) is 8.31. The van der Waals surface area contributed by atoms with Crippen LogP contribution in [0.4, 0.5) is 10.1 Å². The SMILES string of the molecule is CC[C@@H](C(=O)N[C@@H]1CCCc2ccccc21)N(c1ccc(F)cc1)S(C)(=O)=O. The van der Waals surface area contributed by atoms with E-state index in [0.29, 0.717) is 6.42 Å². The molecule has 7 heteroatoms. The molecule has 1 aliphatic rings. The molecule has 0 saturated carbocycles. The third kappa shape index (κ3) is 4.35. The number of amides is 1. The van der Waals surface area contributed by atoms with Crippen LogP contribution in [0.5, 0.6) is 0 Å². The Bertz CT molecular complexity index is 944. The van der Waals surface area contributed by atoms with Crippen LogP contribution < -0.4 is 9.62 Å². The molecule has 0 saturated heterocycles. The van der Waals surface area contributed by atoms with Crippen LogP contribution in [-0.4, -0.2) is 26.6 Å². The molecule has 28 heavy (non-hydrogen) atoms. The van der Waals surface area contributed by atoms with Crippen molar-refractivity contribution in [3.8, 4) is 0 Å². The Labute approximate surface area is 165 Å². The maximum absolute atomic E-state index is 13.3. The van der Waals surface area contributed by atoms with Gasteiger partial charge in [-0.15, -0.1) is 0 Å². The zero-order valence-corrected chi connectivity index (χ0v) is 16.9. The first kappa shape index (κ1) is 20.3. The summed E-state index contributed by atoms with van der Waals surface area (Å²) in [5, 5.41) is 3.04. The molecule has 0 radical (unpaired) electrons. The number of nitrogens with one attached hydrogen (secondary N) is 1. The van der Waals surface area contributed by atoms with E-state index in [1.165, 1.54) is 29.8 Å². The van der Waals surface area contributed by atoms with Gasteiger partial charge in [0, 0.05) is 0 Å². The minimum atomic E-state index is -3.74. The highest BCUT2D eigenvalue weighted by molar-refractivity contribution is 7.92.